The van der Waals surface area contributed by atoms with Crippen LogP contribution in [0.2, 0.25) is 0 Å². The molecule has 4 aromatic rings. The highest BCUT2D eigenvalue weighted by atomic mass is 32.2. The predicted octanol–water partition coefficient (Wildman–Crippen LogP) is 3.94. The Labute approximate surface area is 189 Å². The molecule has 0 bridgehead atoms. The number of para-hydroxylation sites is 2. The summed E-state index contributed by atoms with van der Waals surface area (Å²) in [6.45, 7) is 0. The number of hydrogen-bond donors (Lipinski definition) is 1. The number of benzene rings is 4. The minimum Gasteiger partial charge on any atom is -0.379 e. The van der Waals surface area contributed by atoms with Gasteiger partial charge in [0.25, 0.3) is 5.91 Å². The smallest absolute Gasteiger partial charge is 0.341 e. The highest BCUT2D eigenvalue weighted by molar-refractivity contribution is 7.88. The topological polar surface area (TPSA) is 116 Å². The summed E-state index contributed by atoms with van der Waals surface area (Å²) in [4.78, 5) is 11.6. The van der Waals surface area contributed by atoms with Crippen molar-refractivity contribution < 1.29 is 30.0 Å². The van der Waals surface area contributed by atoms with Gasteiger partial charge in [-0.2, -0.15) is 16.8 Å². The van der Waals surface area contributed by atoms with Gasteiger partial charge in [-0.05, 0) is 36.4 Å². The first kappa shape index (κ1) is 21.0. The minimum absolute atomic E-state index is 0.0346. The van der Waals surface area contributed by atoms with Crippen molar-refractivity contribution in [3.05, 3.63) is 90.5 Å². The summed E-state index contributed by atoms with van der Waals surface area (Å²) >= 11 is 0. The molecule has 0 saturated carbocycles. The zero-order valence-electron chi connectivity index (χ0n) is 16.8. The van der Waals surface area contributed by atoms with Gasteiger partial charge in [-0.1, -0.05) is 48.5 Å². The summed E-state index contributed by atoms with van der Waals surface area (Å²) < 4.78 is 63.2. The lowest BCUT2D eigenvalue weighted by molar-refractivity contribution is 0.103. The van der Waals surface area contributed by atoms with Crippen LogP contribution in [-0.4, -0.2) is 22.7 Å². The molecular weight excluding hydrogens is 466 g/mol. The van der Waals surface area contributed by atoms with E-state index in [1.807, 2.05) is 0 Å². The Morgan fingerprint density at radius 1 is 0.636 bits per heavy atom. The SMILES string of the molecule is O=C1Nc2c(S(=O)(=O)Oc3ccccc3)cc(S(=O)(=O)Oc3ccccc3)c3cccc1c23. The van der Waals surface area contributed by atoms with E-state index in [0.29, 0.717) is 0 Å². The average Bonchev–Trinajstić information content (AvgIpc) is 3.12. The molecule has 0 spiro atoms. The quantitative estimate of drug-likeness (QED) is 0.415. The van der Waals surface area contributed by atoms with E-state index in [1.54, 1.807) is 36.4 Å². The fourth-order valence-electron chi connectivity index (χ4n) is 3.61. The van der Waals surface area contributed by atoms with Gasteiger partial charge < -0.3 is 13.7 Å². The van der Waals surface area contributed by atoms with E-state index in [9.17, 15) is 21.6 Å². The van der Waals surface area contributed by atoms with Crippen LogP contribution in [0.3, 0.4) is 0 Å². The lowest BCUT2D eigenvalue weighted by atomic mass is 10.1. The fraction of sp³-hybridized carbons (Fsp3) is 0. The average molecular weight is 482 g/mol. The first-order chi connectivity index (χ1) is 15.8. The Balaban J connectivity index is 1.74. The van der Waals surface area contributed by atoms with E-state index in [0.717, 1.165) is 6.07 Å². The van der Waals surface area contributed by atoms with Crippen molar-refractivity contribution in [2.24, 2.45) is 0 Å². The molecule has 0 saturated heterocycles. The second-order valence-corrected chi connectivity index (χ2v) is 10.2. The zero-order chi connectivity index (χ0) is 23.2. The van der Waals surface area contributed by atoms with E-state index < -0.39 is 35.9 Å². The van der Waals surface area contributed by atoms with Crippen LogP contribution in [0.1, 0.15) is 10.4 Å². The lowest BCUT2D eigenvalue weighted by Crippen LogP contribution is -2.15. The molecule has 1 aliphatic heterocycles. The van der Waals surface area contributed by atoms with E-state index in [4.69, 9.17) is 8.37 Å². The molecule has 0 aliphatic carbocycles. The molecule has 0 atom stereocenters. The Hall–Kier alpha value is -3.89. The van der Waals surface area contributed by atoms with Crippen molar-refractivity contribution in [3.63, 3.8) is 0 Å². The highest BCUT2D eigenvalue weighted by Gasteiger charge is 2.35. The molecule has 0 fully saturated rings. The summed E-state index contributed by atoms with van der Waals surface area (Å²) in [5, 5.41) is 2.84. The van der Waals surface area contributed by atoms with Crippen molar-refractivity contribution in [1.29, 1.82) is 0 Å². The molecule has 4 aromatic carbocycles. The minimum atomic E-state index is -4.53. The maximum absolute atomic E-state index is 13.2. The molecular formula is C23H15NO7S2. The molecule has 5 rings (SSSR count). The maximum Gasteiger partial charge on any atom is 0.341 e. The van der Waals surface area contributed by atoms with Crippen LogP contribution in [0, 0.1) is 0 Å². The van der Waals surface area contributed by atoms with Gasteiger partial charge in [0.15, 0.2) is 0 Å². The third-order valence-corrected chi connectivity index (χ3v) is 7.57. The monoisotopic (exact) mass is 481 g/mol. The lowest BCUT2D eigenvalue weighted by Gasteiger charge is -2.15. The van der Waals surface area contributed by atoms with Gasteiger partial charge >= 0.3 is 20.2 Å². The van der Waals surface area contributed by atoms with Crippen LogP contribution >= 0.6 is 0 Å². The van der Waals surface area contributed by atoms with E-state index >= 15 is 0 Å². The molecule has 1 heterocycles. The third kappa shape index (κ3) is 3.69. The maximum atomic E-state index is 13.2. The van der Waals surface area contributed by atoms with Crippen molar-refractivity contribution in [1.82, 2.24) is 0 Å². The number of amides is 1. The summed E-state index contributed by atoms with van der Waals surface area (Å²) in [6, 6.07) is 21.0. The van der Waals surface area contributed by atoms with Gasteiger partial charge in [0.2, 0.25) is 0 Å². The van der Waals surface area contributed by atoms with Gasteiger partial charge in [0.1, 0.15) is 21.3 Å². The Morgan fingerprint density at radius 2 is 1.18 bits per heavy atom. The molecule has 1 N–H and O–H groups in total. The standard InChI is InChI=1S/C23H15NO7S2/c25-23-18-13-7-12-17-19(32(26,27)30-15-8-3-1-4-9-15)14-20(22(24-23)21(17)18)33(28,29)31-16-10-5-2-6-11-16/h1-14H,(H,24,25). The highest BCUT2D eigenvalue weighted by Crippen LogP contribution is 2.42. The van der Waals surface area contributed by atoms with Gasteiger partial charge in [0.05, 0.1) is 5.69 Å². The van der Waals surface area contributed by atoms with Gasteiger partial charge in [-0.15, -0.1) is 0 Å². The molecule has 0 unspecified atom stereocenters. The van der Waals surface area contributed by atoms with Crippen molar-refractivity contribution in [2.75, 3.05) is 5.32 Å². The summed E-state index contributed by atoms with van der Waals surface area (Å²) in [5.41, 5.74) is 0.107. The second-order valence-electron chi connectivity index (χ2n) is 7.13. The third-order valence-electron chi connectivity index (χ3n) is 5.01. The molecule has 0 aromatic heterocycles. The second kappa shape index (κ2) is 7.61. The molecule has 166 valence electrons. The number of carbonyl (C=O) groups excluding carboxylic acids is 1. The Bertz CT molecular complexity index is 1620. The van der Waals surface area contributed by atoms with Gasteiger partial charge in [0, 0.05) is 16.3 Å². The normalized spacial score (nSPS) is 13.0. The summed E-state index contributed by atoms with van der Waals surface area (Å²) in [6.07, 6.45) is 0. The fourth-order valence-corrected chi connectivity index (χ4v) is 5.96. The first-order valence-corrected chi connectivity index (χ1v) is 12.5. The molecule has 10 heteroatoms. The number of carbonyl (C=O) groups is 1. The molecule has 33 heavy (non-hydrogen) atoms. The Kier molecular flexibility index (Phi) is 4.84. The molecule has 8 nitrogen and oxygen atoms in total. The number of anilines is 1. The molecule has 0 radical (unpaired) electrons. The first-order valence-electron chi connectivity index (χ1n) is 9.66. The summed E-state index contributed by atoms with van der Waals surface area (Å²) in [7, 11) is -9.01. The number of hydrogen-bond acceptors (Lipinski definition) is 7. The summed E-state index contributed by atoms with van der Waals surface area (Å²) in [5.74, 6) is -0.461. The van der Waals surface area contributed by atoms with Crippen LogP contribution in [0.15, 0.2) is 94.7 Å². The molecule has 1 aliphatic rings. The van der Waals surface area contributed by atoms with Crippen molar-refractivity contribution >= 4 is 42.6 Å². The van der Waals surface area contributed by atoms with Crippen LogP contribution in [-0.2, 0) is 20.2 Å². The zero-order valence-corrected chi connectivity index (χ0v) is 18.4. The van der Waals surface area contributed by atoms with Gasteiger partial charge in [-0.3, -0.25) is 4.79 Å². The Morgan fingerprint density at radius 3 is 1.76 bits per heavy atom. The van der Waals surface area contributed by atoms with Crippen molar-refractivity contribution in [2.45, 2.75) is 9.79 Å². The number of rotatable bonds is 6. The number of nitrogens with one attached hydrogen (secondary N) is 1. The van der Waals surface area contributed by atoms with Gasteiger partial charge in [-0.25, -0.2) is 0 Å². The van der Waals surface area contributed by atoms with Crippen LogP contribution in [0.4, 0.5) is 5.69 Å². The van der Waals surface area contributed by atoms with E-state index in [-0.39, 0.29) is 33.5 Å². The van der Waals surface area contributed by atoms with E-state index in [2.05, 4.69) is 5.32 Å². The largest absolute Gasteiger partial charge is 0.379 e. The van der Waals surface area contributed by atoms with E-state index in [1.165, 1.54) is 42.5 Å². The van der Waals surface area contributed by atoms with Crippen LogP contribution < -0.4 is 13.7 Å². The van der Waals surface area contributed by atoms with Crippen LogP contribution in [0.5, 0.6) is 11.5 Å². The molecule has 1 amide bonds. The van der Waals surface area contributed by atoms with Crippen molar-refractivity contribution in [3.8, 4) is 11.5 Å². The predicted molar refractivity (Wildman–Crippen MR) is 120 cm³/mol. The van der Waals surface area contributed by atoms with Crippen LogP contribution in [0.25, 0.3) is 10.8 Å².